The normalized spacial score (nSPS) is 10.7. The van der Waals surface area contributed by atoms with Gasteiger partial charge in [-0.15, -0.1) is 10.2 Å². The minimum Gasteiger partial charge on any atom is -0.508 e. The van der Waals surface area contributed by atoms with Crippen LogP contribution in [0.3, 0.4) is 0 Å². The van der Waals surface area contributed by atoms with Crippen LogP contribution in [-0.4, -0.2) is 15.1 Å². The van der Waals surface area contributed by atoms with E-state index in [0.29, 0.717) is 11.5 Å². The topological polar surface area (TPSA) is 70.7 Å². The molecule has 0 radical (unpaired) electrons. The van der Waals surface area contributed by atoms with Crippen LogP contribution in [0, 0.1) is 0 Å². The molecule has 1 heterocycles. The third kappa shape index (κ3) is 2.57. The van der Waals surface area contributed by atoms with Gasteiger partial charge in [0, 0.05) is 12.3 Å². The van der Waals surface area contributed by atoms with E-state index < -0.39 is 0 Å². The Balaban J connectivity index is 2.15. The van der Waals surface area contributed by atoms with Gasteiger partial charge >= 0.3 is 0 Å². The molecule has 0 bridgehead atoms. The summed E-state index contributed by atoms with van der Waals surface area (Å²) in [6.45, 7) is 0. The van der Waals surface area contributed by atoms with Crippen LogP contribution in [0.2, 0.25) is 0 Å². The van der Waals surface area contributed by atoms with Crippen molar-refractivity contribution in [1.82, 2.24) is 9.97 Å². The fraction of sp³-hybridized carbons (Fsp3) is 0. The van der Waals surface area contributed by atoms with Gasteiger partial charge in [0.2, 0.25) is 0 Å². The molecule has 2 rings (SSSR count). The summed E-state index contributed by atoms with van der Waals surface area (Å²) < 4.78 is 0. The fourth-order valence-corrected chi connectivity index (χ4v) is 0.971. The first kappa shape index (κ1) is 9.26. The molecular weight excluding hydrogens is 192 g/mol. The molecular formula is C10H8N4O. The van der Waals surface area contributed by atoms with Crippen molar-refractivity contribution in [2.75, 3.05) is 0 Å². The van der Waals surface area contributed by atoms with Crippen LogP contribution < -0.4 is 0 Å². The lowest BCUT2D eigenvalue weighted by molar-refractivity contribution is 0.475. The van der Waals surface area contributed by atoms with Crippen molar-refractivity contribution in [1.29, 1.82) is 0 Å². The number of hydrogen-bond acceptors (Lipinski definition) is 5. The number of phenolic OH excluding ortho intramolecular Hbond substituents is 1. The highest BCUT2D eigenvalue weighted by molar-refractivity contribution is 5.40. The molecule has 0 saturated heterocycles. The molecule has 5 heteroatoms. The number of hydrogen-bond donors (Lipinski definition) is 1. The van der Waals surface area contributed by atoms with Gasteiger partial charge < -0.3 is 5.11 Å². The third-order valence-corrected chi connectivity index (χ3v) is 1.68. The van der Waals surface area contributed by atoms with Crippen molar-refractivity contribution >= 4 is 11.5 Å². The molecule has 0 fully saturated rings. The van der Waals surface area contributed by atoms with Gasteiger partial charge in [-0.1, -0.05) is 0 Å². The van der Waals surface area contributed by atoms with E-state index in [9.17, 15) is 0 Å². The summed E-state index contributed by atoms with van der Waals surface area (Å²) in [5, 5.41) is 16.9. The molecule has 0 aliphatic carbocycles. The maximum absolute atomic E-state index is 9.05. The summed E-state index contributed by atoms with van der Waals surface area (Å²) in [6.07, 6.45) is 3.00. The average Bonchev–Trinajstić information content (AvgIpc) is 2.30. The van der Waals surface area contributed by atoms with E-state index in [2.05, 4.69) is 20.2 Å². The second-order valence-electron chi connectivity index (χ2n) is 2.78. The Labute approximate surface area is 86.2 Å². The number of benzene rings is 1. The van der Waals surface area contributed by atoms with Crippen molar-refractivity contribution in [3.05, 3.63) is 42.9 Å². The Kier molecular flexibility index (Phi) is 2.64. The van der Waals surface area contributed by atoms with Crippen molar-refractivity contribution in [3.8, 4) is 5.75 Å². The predicted octanol–water partition coefficient (Wildman–Crippen LogP) is 2.60. The maximum Gasteiger partial charge on any atom is 0.177 e. The number of azo groups is 1. The second kappa shape index (κ2) is 4.28. The quantitative estimate of drug-likeness (QED) is 0.757. The summed E-state index contributed by atoms with van der Waals surface area (Å²) >= 11 is 0. The average molecular weight is 200 g/mol. The van der Waals surface area contributed by atoms with Crippen molar-refractivity contribution in [2.45, 2.75) is 0 Å². The van der Waals surface area contributed by atoms with Crippen LogP contribution in [0.4, 0.5) is 11.5 Å². The zero-order valence-corrected chi connectivity index (χ0v) is 7.78. The summed E-state index contributed by atoms with van der Waals surface area (Å²) in [5.41, 5.74) is 0.659. The lowest BCUT2D eigenvalue weighted by Gasteiger charge is -1.92. The van der Waals surface area contributed by atoms with Gasteiger partial charge in [-0.3, -0.25) is 0 Å². The van der Waals surface area contributed by atoms with Crippen LogP contribution in [0.1, 0.15) is 0 Å². The lowest BCUT2D eigenvalue weighted by Crippen LogP contribution is -1.73. The predicted molar refractivity (Wildman–Crippen MR) is 54.3 cm³/mol. The third-order valence-electron chi connectivity index (χ3n) is 1.68. The van der Waals surface area contributed by atoms with Gasteiger partial charge in [0.1, 0.15) is 12.1 Å². The molecule has 5 nitrogen and oxygen atoms in total. The minimum absolute atomic E-state index is 0.205. The molecule has 1 N–H and O–H groups in total. The molecule has 0 unspecified atom stereocenters. The van der Waals surface area contributed by atoms with Crippen LogP contribution in [0.5, 0.6) is 5.75 Å². The standard InChI is InChI=1S/C10H8N4O/c15-9-3-1-8(2-4-9)13-14-10-5-6-11-7-12-10/h1-7,15H. The first-order valence-corrected chi connectivity index (χ1v) is 4.31. The molecule has 15 heavy (non-hydrogen) atoms. The smallest absolute Gasteiger partial charge is 0.177 e. The molecule has 0 spiro atoms. The first-order valence-electron chi connectivity index (χ1n) is 4.31. The largest absolute Gasteiger partial charge is 0.508 e. The molecule has 0 aliphatic heterocycles. The number of aromatic nitrogens is 2. The molecule has 1 aromatic heterocycles. The van der Waals surface area contributed by atoms with E-state index >= 15 is 0 Å². The zero-order valence-electron chi connectivity index (χ0n) is 7.78. The van der Waals surface area contributed by atoms with E-state index in [1.54, 1.807) is 36.5 Å². The zero-order chi connectivity index (χ0) is 10.5. The van der Waals surface area contributed by atoms with E-state index in [4.69, 9.17) is 5.11 Å². The summed E-state index contributed by atoms with van der Waals surface area (Å²) in [5.74, 6) is 0.703. The summed E-state index contributed by atoms with van der Waals surface area (Å²) in [4.78, 5) is 7.66. The highest BCUT2D eigenvalue weighted by Crippen LogP contribution is 2.18. The highest BCUT2D eigenvalue weighted by Gasteiger charge is 1.91. The fourth-order valence-electron chi connectivity index (χ4n) is 0.971. The number of nitrogens with zero attached hydrogens (tertiary/aromatic N) is 4. The number of phenols is 1. The van der Waals surface area contributed by atoms with Gasteiger partial charge in [-0.2, -0.15) is 0 Å². The Morgan fingerprint density at radius 1 is 1.00 bits per heavy atom. The van der Waals surface area contributed by atoms with E-state index in [0.717, 1.165) is 0 Å². The van der Waals surface area contributed by atoms with Crippen molar-refractivity contribution < 1.29 is 5.11 Å². The highest BCUT2D eigenvalue weighted by atomic mass is 16.3. The monoisotopic (exact) mass is 200 g/mol. The van der Waals surface area contributed by atoms with Gasteiger partial charge in [0.25, 0.3) is 0 Å². The molecule has 2 aromatic rings. The van der Waals surface area contributed by atoms with Crippen molar-refractivity contribution in [2.24, 2.45) is 10.2 Å². The van der Waals surface area contributed by atoms with Gasteiger partial charge in [-0.05, 0) is 24.3 Å². The molecule has 0 atom stereocenters. The Morgan fingerprint density at radius 2 is 1.80 bits per heavy atom. The first-order chi connectivity index (χ1) is 7.34. The van der Waals surface area contributed by atoms with Crippen LogP contribution in [0.25, 0.3) is 0 Å². The Morgan fingerprint density at radius 3 is 2.47 bits per heavy atom. The molecule has 1 aromatic carbocycles. The van der Waals surface area contributed by atoms with E-state index in [1.807, 2.05) is 0 Å². The van der Waals surface area contributed by atoms with Crippen LogP contribution in [0.15, 0.2) is 53.1 Å². The van der Waals surface area contributed by atoms with Gasteiger partial charge in [0.05, 0.1) is 5.69 Å². The Bertz CT molecular complexity index is 453. The molecule has 0 amide bonds. The Hall–Kier alpha value is -2.30. The maximum atomic E-state index is 9.05. The molecule has 0 saturated carbocycles. The lowest BCUT2D eigenvalue weighted by atomic mass is 10.3. The van der Waals surface area contributed by atoms with Crippen LogP contribution >= 0.6 is 0 Å². The second-order valence-corrected chi connectivity index (χ2v) is 2.78. The summed E-state index contributed by atoms with van der Waals surface area (Å²) in [7, 11) is 0. The number of rotatable bonds is 2. The molecule has 0 aliphatic rings. The molecule has 74 valence electrons. The van der Waals surface area contributed by atoms with Gasteiger partial charge in [-0.25, -0.2) is 9.97 Å². The van der Waals surface area contributed by atoms with E-state index in [1.165, 1.54) is 6.33 Å². The number of aromatic hydroxyl groups is 1. The van der Waals surface area contributed by atoms with Crippen LogP contribution in [-0.2, 0) is 0 Å². The van der Waals surface area contributed by atoms with Crippen molar-refractivity contribution in [3.63, 3.8) is 0 Å². The van der Waals surface area contributed by atoms with E-state index in [-0.39, 0.29) is 5.75 Å². The summed E-state index contributed by atoms with van der Waals surface area (Å²) in [6, 6.07) is 8.09. The minimum atomic E-state index is 0.205. The van der Waals surface area contributed by atoms with Gasteiger partial charge in [0.15, 0.2) is 5.82 Å². The SMILES string of the molecule is Oc1ccc(N=Nc2ccncn2)cc1.